The van der Waals surface area contributed by atoms with Crippen LogP contribution in [-0.2, 0) is 17.9 Å². The zero-order valence-electron chi connectivity index (χ0n) is 18.2. The first-order chi connectivity index (χ1) is 15.7. The van der Waals surface area contributed by atoms with Gasteiger partial charge in [0.25, 0.3) is 0 Å². The second kappa shape index (κ2) is 10.5. The molecule has 1 aliphatic heterocycles. The van der Waals surface area contributed by atoms with Gasteiger partial charge in [-0.2, -0.15) is 0 Å². The van der Waals surface area contributed by atoms with Crippen molar-refractivity contribution >= 4 is 17.6 Å². The summed E-state index contributed by atoms with van der Waals surface area (Å²) in [4.78, 5) is 16.3. The van der Waals surface area contributed by atoms with E-state index in [9.17, 15) is 4.79 Å². The lowest BCUT2D eigenvalue weighted by atomic mass is 9.90. The fourth-order valence-corrected chi connectivity index (χ4v) is 3.75. The number of amides is 1. The molecule has 1 heterocycles. The molecule has 3 aromatic rings. The predicted octanol–water partition coefficient (Wildman–Crippen LogP) is 4.06. The minimum Gasteiger partial charge on any atom is -0.489 e. The maximum atomic E-state index is 12.0. The Morgan fingerprint density at radius 3 is 2.50 bits per heavy atom. The van der Waals surface area contributed by atoms with Crippen molar-refractivity contribution in [3.05, 3.63) is 95.6 Å². The number of carbonyl (C=O) groups is 1. The normalized spacial score (nSPS) is 15.5. The topological polar surface area (TPSA) is 74.8 Å². The Morgan fingerprint density at radius 2 is 1.72 bits per heavy atom. The third-order valence-corrected chi connectivity index (χ3v) is 5.48. The van der Waals surface area contributed by atoms with Gasteiger partial charge in [0.15, 0.2) is 5.96 Å². The molecule has 0 bridgehead atoms. The molecule has 0 radical (unpaired) electrons. The first-order valence-electron chi connectivity index (χ1n) is 10.8. The lowest BCUT2D eigenvalue weighted by Gasteiger charge is -2.26. The predicted molar refractivity (Wildman–Crippen MR) is 128 cm³/mol. The van der Waals surface area contributed by atoms with Gasteiger partial charge < -0.3 is 20.7 Å². The van der Waals surface area contributed by atoms with Crippen molar-refractivity contribution in [2.24, 2.45) is 4.99 Å². The van der Waals surface area contributed by atoms with Crippen LogP contribution >= 0.6 is 0 Å². The Hall–Kier alpha value is -3.80. The van der Waals surface area contributed by atoms with Gasteiger partial charge in [0.05, 0.1) is 0 Å². The quantitative estimate of drug-likeness (QED) is 0.392. The van der Waals surface area contributed by atoms with Crippen LogP contribution in [0.2, 0.25) is 0 Å². The number of aliphatic imine (C=N–C) groups is 1. The van der Waals surface area contributed by atoms with Crippen molar-refractivity contribution in [2.75, 3.05) is 18.9 Å². The number of guanidine groups is 1. The van der Waals surface area contributed by atoms with Gasteiger partial charge >= 0.3 is 0 Å². The molecule has 4 rings (SSSR count). The van der Waals surface area contributed by atoms with Crippen molar-refractivity contribution in [3.8, 4) is 5.75 Å². The van der Waals surface area contributed by atoms with E-state index >= 15 is 0 Å². The fraction of sp³-hybridized carbons (Fsp3) is 0.231. The molecule has 1 aliphatic rings. The number of para-hydroxylation sites is 1. The molecule has 1 unspecified atom stereocenters. The number of benzene rings is 3. The summed E-state index contributed by atoms with van der Waals surface area (Å²) in [7, 11) is 1.75. The number of nitrogens with zero attached hydrogens (tertiary/aromatic N) is 1. The van der Waals surface area contributed by atoms with Crippen LogP contribution in [0.4, 0.5) is 5.69 Å². The number of hydrogen-bond donors (Lipinski definition) is 3. The van der Waals surface area contributed by atoms with E-state index in [1.807, 2.05) is 60.7 Å². The Morgan fingerprint density at radius 1 is 0.969 bits per heavy atom. The van der Waals surface area contributed by atoms with Crippen molar-refractivity contribution in [3.63, 3.8) is 0 Å². The van der Waals surface area contributed by atoms with Crippen molar-refractivity contribution < 1.29 is 9.53 Å². The molecule has 0 saturated carbocycles. The standard InChI is InChI=1S/C26H28N4O2/c1-27-26(29-17-21-15-25(31)30-24-10-6-5-9-23(21)24)28-16-19-11-13-22(14-12-19)32-18-20-7-3-2-4-8-20/h2-14,21H,15-18H2,1H3,(H,30,31)(H2,27,28,29). The summed E-state index contributed by atoms with van der Waals surface area (Å²) in [5, 5.41) is 9.63. The number of hydrogen-bond acceptors (Lipinski definition) is 3. The van der Waals surface area contributed by atoms with Gasteiger partial charge in [-0.1, -0.05) is 60.7 Å². The van der Waals surface area contributed by atoms with Crippen LogP contribution in [0.15, 0.2) is 83.9 Å². The molecule has 0 saturated heterocycles. The zero-order valence-corrected chi connectivity index (χ0v) is 18.2. The maximum absolute atomic E-state index is 12.0. The molecular weight excluding hydrogens is 400 g/mol. The monoisotopic (exact) mass is 428 g/mol. The molecule has 3 aromatic carbocycles. The number of fused-ring (bicyclic) bond motifs is 1. The number of ether oxygens (including phenoxy) is 1. The smallest absolute Gasteiger partial charge is 0.225 e. The second-order valence-corrected chi connectivity index (χ2v) is 7.76. The van der Waals surface area contributed by atoms with Gasteiger partial charge in [-0.25, -0.2) is 0 Å². The molecule has 6 nitrogen and oxygen atoms in total. The van der Waals surface area contributed by atoms with E-state index in [4.69, 9.17) is 4.74 Å². The van der Waals surface area contributed by atoms with Crippen LogP contribution < -0.4 is 20.7 Å². The highest BCUT2D eigenvalue weighted by atomic mass is 16.5. The minimum atomic E-state index is 0.0491. The Labute approximate surface area is 188 Å². The number of anilines is 1. The van der Waals surface area contributed by atoms with E-state index < -0.39 is 0 Å². The molecular formula is C26H28N4O2. The number of nitrogens with one attached hydrogen (secondary N) is 3. The van der Waals surface area contributed by atoms with Crippen LogP contribution in [-0.4, -0.2) is 25.5 Å². The first-order valence-corrected chi connectivity index (χ1v) is 10.8. The van der Waals surface area contributed by atoms with Crippen LogP contribution in [0.25, 0.3) is 0 Å². The molecule has 1 atom stereocenters. The summed E-state index contributed by atoms with van der Waals surface area (Å²) in [5.74, 6) is 1.71. The van der Waals surface area contributed by atoms with Crippen LogP contribution in [0.5, 0.6) is 5.75 Å². The lowest BCUT2D eigenvalue weighted by Crippen LogP contribution is -2.40. The molecule has 32 heavy (non-hydrogen) atoms. The molecule has 3 N–H and O–H groups in total. The lowest BCUT2D eigenvalue weighted by molar-refractivity contribution is -0.116. The van der Waals surface area contributed by atoms with Crippen LogP contribution in [0.3, 0.4) is 0 Å². The summed E-state index contributed by atoms with van der Waals surface area (Å²) in [5.41, 5.74) is 4.32. The Kier molecular flexibility index (Phi) is 7.02. The van der Waals surface area contributed by atoms with Crippen molar-refractivity contribution in [1.82, 2.24) is 10.6 Å². The van der Waals surface area contributed by atoms with Gasteiger partial charge in [-0.05, 0) is 34.9 Å². The summed E-state index contributed by atoms with van der Waals surface area (Å²) >= 11 is 0. The van der Waals surface area contributed by atoms with E-state index in [-0.39, 0.29) is 11.8 Å². The first kappa shape index (κ1) is 21.4. The third kappa shape index (κ3) is 5.66. The maximum Gasteiger partial charge on any atom is 0.225 e. The average molecular weight is 429 g/mol. The van der Waals surface area contributed by atoms with Gasteiger partial charge in [0, 0.05) is 38.2 Å². The van der Waals surface area contributed by atoms with Crippen molar-refractivity contribution in [1.29, 1.82) is 0 Å². The van der Waals surface area contributed by atoms with E-state index in [1.165, 1.54) is 0 Å². The van der Waals surface area contributed by atoms with Crippen molar-refractivity contribution in [2.45, 2.75) is 25.5 Å². The zero-order chi connectivity index (χ0) is 22.2. The van der Waals surface area contributed by atoms with Gasteiger partial charge in [-0.15, -0.1) is 0 Å². The molecule has 0 spiro atoms. The van der Waals surface area contributed by atoms with E-state index in [0.29, 0.717) is 32.1 Å². The van der Waals surface area contributed by atoms with Gasteiger partial charge in [-0.3, -0.25) is 9.79 Å². The molecule has 164 valence electrons. The van der Waals surface area contributed by atoms with E-state index in [2.05, 4.69) is 39.1 Å². The van der Waals surface area contributed by atoms with Crippen LogP contribution in [0.1, 0.15) is 29.0 Å². The fourth-order valence-electron chi connectivity index (χ4n) is 3.75. The summed E-state index contributed by atoms with van der Waals surface area (Å²) in [6, 6.07) is 26.1. The molecule has 0 aliphatic carbocycles. The van der Waals surface area contributed by atoms with Crippen LogP contribution in [0, 0.1) is 0 Å². The molecule has 0 fully saturated rings. The van der Waals surface area contributed by atoms with E-state index in [1.54, 1.807) is 7.05 Å². The van der Waals surface area contributed by atoms with Gasteiger partial charge in [0.1, 0.15) is 12.4 Å². The highest BCUT2D eigenvalue weighted by molar-refractivity contribution is 5.94. The highest BCUT2D eigenvalue weighted by Crippen LogP contribution is 2.31. The summed E-state index contributed by atoms with van der Waals surface area (Å²) in [6.45, 7) is 1.83. The molecule has 6 heteroatoms. The highest BCUT2D eigenvalue weighted by Gasteiger charge is 2.24. The largest absolute Gasteiger partial charge is 0.489 e. The third-order valence-electron chi connectivity index (χ3n) is 5.48. The summed E-state index contributed by atoms with van der Waals surface area (Å²) in [6.07, 6.45) is 0.464. The minimum absolute atomic E-state index is 0.0491. The Balaban J connectivity index is 1.26. The van der Waals surface area contributed by atoms with E-state index in [0.717, 1.165) is 28.1 Å². The molecule has 0 aromatic heterocycles. The van der Waals surface area contributed by atoms with Gasteiger partial charge in [0.2, 0.25) is 5.91 Å². The Bertz CT molecular complexity index is 1060. The number of rotatable bonds is 7. The average Bonchev–Trinajstić information content (AvgIpc) is 2.84. The second-order valence-electron chi connectivity index (χ2n) is 7.76. The SMILES string of the molecule is CN=C(NCc1ccc(OCc2ccccc2)cc1)NCC1CC(=O)Nc2ccccc21. The number of carbonyl (C=O) groups excluding carboxylic acids is 1. The summed E-state index contributed by atoms with van der Waals surface area (Å²) < 4.78 is 5.85. The molecule has 1 amide bonds.